The number of amides is 1. The molecule has 3 rings (SSSR count). The Morgan fingerprint density at radius 1 is 1.04 bits per heavy atom. The van der Waals surface area contributed by atoms with Crippen LogP contribution in [-0.2, 0) is 11.2 Å². The van der Waals surface area contributed by atoms with Crippen molar-refractivity contribution in [3.05, 3.63) is 65.7 Å². The maximum absolute atomic E-state index is 12.5. The zero-order valence-corrected chi connectivity index (χ0v) is 14.5. The molecule has 0 saturated carbocycles. The molecule has 1 fully saturated rings. The average molecular weight is 337 g/mol. The van der Waals surface area contributed by atoms with Gasteiger partial charge in [0.15, 0.2) is 5.78 Å². The smallest absolute Gasteiger partial charge is 0.226 e. The quantitative estimate of drug-likeness (QED) is 0.786. The first-order chi connectivity index (χ1) is 12.2. The number of hydrogen-bond donors (Lipinski definition) is 0. The molecule has 0 radical (unpaired) electrons. The fraction of sp³-hybridized carbons (Fsp3) is 0.333. The Bertz CT molecular complexity index is 734. The van der Waals surface area contributed by atoms with Crippen LogP contribution in [0.15, 0.2) is 54.6 Å². The van der Waals surface area contributed by atoms with Gasteiger partial charge in [-0.05, 0) is 30.5 Å². The Labute approximate surface area is 148 Å². The number of carbonyl (C=O) groups is 2. The van der Waals surface area contributed by atoms with Crippen molar-refractivity contribution >= 4 is 11.7 Å². The van der Waals surface area contributed by atoms with Crippen LogP contribution in [0.2, 0.25) is 0 Å². The van der Waals surface area contributed by atoms with E-state index in [1.807, 2.05) is 59.5 Å². The first-order valence-electron chi connectivity index (χ1n) is 8.67. The third-order valence-corrected chi connectivity index (χ3v) is 4.77. The molecule has 4 heteroatoms. The van der Waals surface area contributed by atoms with Crippen LogP contribution in [0.1, 0.15) is 28.8 Å². The molecular weight excluding hydrogens is 314 g/mol. The lowest BCUT2D eigenvalue weighted by Crippen LogP contribution is -2.41. The van der Waals surface area contributed by atoms with E-state index in [1.54, 1.807) is 7.11 Å². The molecule has 1 amide bonds. The second-order valence-electron chi connectivity index (χ2n) is 6.41. The van der Waals surface area contributed by atoms with Crippen LogP contribution in [-0.4, -0.2) is 36.8 Å². The van der Waals surface area contributed by atoms with E-state index in [2.05, 4.69) is 0 Å². The summed E-state index contributed by atoms with van der Waals surface area (Å²) >= 11 is 0. The van der Waals surface area contributed by atoms with E-state index in [1.165, 1.54) is 0 Å². The number of nitrogens with zero attached hydrogens (tertiary/aromatic N) is 1. The van der Waals surface area contributed by atoms with Gasteiger partial charge < -0.3 is 9.64 Å². The first-order valence-corrected chi connectivity index (χ1v) is 8.67. The molecule has 25 heavy (non-hydrogen) atoms. The second kappa shape index (κ2) is 7.97. The number of likely N-dealkylation sites (tertiary alicyclic amines) is 1. The Balaban J connectivity index is 1.55. The number of benzene rings is 2. The highest BCUT2D eigenvalue weighted by Crippen LogP contribution is 2.22. The van der Waals surface area contributed by atoms with Gasteiger partial charge in [-0.25, -0.2) is 0 Å². The highest BCUT2D eigenvalue weighted by atomic mass is 16.5. The van der Waals surface area contributed by atoms with E-state index < -0.39 is 0 Å². The summed E-state index contributed by atoms with van der Waals surface area (Å²) in [6, 6.07) is 17.0. The van der Waals surface area contributed by atoms with E-state index >= 15 is 0 Å². The molecule has 1 heterocycles. The van der Waals surface area contributed by atoms with Crippen molar-refractivity contribution in [2.24, 2.45) is 5.92 Å². The Morgan fingerprint density at radius 3 is 2.44 bits per heavy atom. The minimum atomic E-state index is 0.0169. The number of Topliss-reactive ketones (excluding diaryl/α,β-unsaturated/α-hetero) is 1. The number of rotatable bonds is 5. The fourth-order valence-electron chi connectivity index (χ4n) is 3.30. The van der Waals surface area contributed by atoms with Crippen LogP contribution in [0.25, 0.3) is 0 Å². The van der Waals surface area contributed by atoms with Gasteiger partial charge in [-0.2, -0.15) is 0 Å². The molecule has 0 bridgehead atoms. The number of ketones is 1. The standard InChI is InChI=1S/C21H23NO3/c1-25-19-9-5-6-16(14-19)15-20(23)22-12-10-18(11-13-22)21(24)17-7-3-2-4-8-17/h2-9,14,18H,10-13,15H2,1H3. The van der Waals surface area contributed by atoms with Crippen molar-refractivity contribution in [3.63, 3.8) is 0 Å². The Morgan fingerprint density at radius 2 is 1.76 bits per heavy atom. The lowest BCUT2D eigenvalue weighted by Gasteiger charge is -2.31. The predicted molar refractivity (Wildman–Crippen MR) is 96.8 cm³/mol. The van der Waals surface area contributed by atoms with Gasteiger partial charge in [0, 0.05) is 24.6 Å². The van der Waals surface area contributed by atoms with Crippen LogP contribution < -0.4 is 4.74 Å². The van der Waals surface area contributed by atoms with Gasteiger partial charge in [0.1, 0.15) is 5.75 Å². The predicted octanol–water partition coefficient (Wildman–Crippen LogP) is 3.36. The highest BCUT2D eigenvalue weighted by molar-refractivity contribution is 5.98. The summed E-state index contributed by atoms with van der Waals surface area (Å²) in [5.74, 6) is 1.08. The van der Waals surface area contributed by atoms with E-state index in [0.717, 1.165) is 29.7 Å². The van der Waals surface area contributed by atoms with E-state index in [9.17, 15) is 9.59 Å². The third kappa shape index (κ3) is 4.27. The molecule has 1 aliphatic rings. The number of piperidine rings is 1. The van der Waals surface area contributed by atoms with Gasteiger partial charge in [0.05, 0.1) is 13.5 Å². The molecule has 1 saturated heterocycles. The fourth-order valence-corrected chi connectivity index (χ4v) is 3.30. The molecule has 130 valence electrons. The minimum Gasteiger partial charge on any atom is -0.497 e. The second-order valence-corrected chi connectivity index (χ2v) is 6.41. The van der Waals surface area contributed by atoms with Gasteiger partial charge in [-0.3, -0.25) is 9.59 Å². The van der Waals surface area contributed by atoms with Gasteiger partial charge in [-0.15, -0.1) is 0 Å². The van der Waals surface area contributed by atoms with Crippen molar-refractivity contribution in [1.82, 2.24) is 4.90 Å². The largest absolute Gasteiger partial charge is 0.497 e. The molecule has 0 aromatic heterocycles. The highest BCUT2D eigenvalue weighted by Gasteiger charge is 2.27. The minimum absolute atomic E-state index is 0.0169. The van der Waals surface area contributed by atoms with Crippen LogP contribution in [0, 0.1) is 5.92 Å². The average Bonchev–Trinajstić information content (AvgIpc) is 2.68. The summed E-state index contributed by atoms with van der Waals surface area (Å²) in [5, 5.41) is 0. The van der Waals surface area contributed by atoms with Crippen molar-refractivity contribution in [3.8, 4) is 5.75 Å². The summed E-state index contributed by atoms with van der Waals surface area (Å²) in [6.45, 7) is 1.29. The Kier molecular flexibility index (Phi) is 5.49. The topological polar surface area (TPSA) is 46.6 Å². The van der Waals surface area contributed by atoms with Crippen LogP contribution in [0.4, 0.5) is 0 Å². The normalized spacial score (nSPS) is 15.0. The molecular formula is C21H23NO3. The first kappa shape index (κ1) is 17.2. The molecule has 4 nitrogen and oxygen atoms in total. The molecule has 0 atom stereocenters. The maximum Gasteiger partial charge on any atom is 0.226 e. The monoisotopic (exact) mass is 337 g/mol. The molecule has 0 unspecified atom stereocenters. The van der Waals surface area contributed by atoms with Crippen LogP contribution >= 0.6 is 0 Å². The zero-order valence-electron chi connectivity index (χ0n) is 14.5. The lowest BCUT2D eigenvalue weighted by atomic mass is 9.88. The van der Waals surface area contributed by atoms with Gasteiger partial charge >= 0.3 is 0 Å². The summed E-state index contributed by atoms with van der Waals surface area (Å²) in [4.78, 5) is 26.9. The molecule has 2 aromatic carbocycles. The Hall–Kier alpha value is -2.62. The molecule has 0 spiro atoms. The van der Waals surface area contributed by atoms with E-state index in [0.29, 0.717) is 19.5 Å². The number of ether oxygens (including phenoxy) is 1. The number of hydrogen-bond acceptors (Lipinski definition) is 3. The van der Waals surface area contributed by atoms with Crippen molar-refractivity contribution in [2.75, 3.05) is 20.2 Å². The number of carbonyl (C=O) groups excluding carboxylic acids is 2. The molecule has 0 aliphatic carbocycles. The molecule has 1 aliphatic heterocycles. The summed E-state index contributed by atoms with van der Waals surface area (Å²) in [5.41, 5.74) is 1.72. The van der Waals surface area contributed by atoms with Crippen molar-refractivity contribution in [2.45, 2.75) is 19.3 Å². The summed E-state index contributed by atoms with van der Waals surface area (Å²) < 4.78 is 5.20. The van der Waals surface area contributed by atoms with Crippen molar-refractivity contribution in [1.29, 1.82) is 0 Å². The summed E-state index contributed by atoms with van der Waals surface area (Å²) in [6.07, 6.45) is 1.84. The van der Waals surface area contributed by atoms with E-state index in [-0.39, 0.29) is 17.6 Å². The van der Waals surface area contributed by atoms with Gasteiger partial charge in [0.25, 0.3) is 0 Å². The van der Waals surface area contributed by atoms with Gasteiger partial charge in [0.2, 0.25) is 5.91 Å². The van der Waals surface area contributed by atoms with Crippen LogP contribution in [0.5, 0.6) is 5.75 Å². The lowest BCUT2D eigenvalue weighted by molar-refractivity contribution is -0.131. The third-order valence-electron chi connectivity index (χ3n) is 4.77. The van der Waals surface area contributed by atoms with Crippen LogP contribution in [0.3, 0.4) is 0 Å². The summed E-state index contributed by atoms with van der Waals surface area (Å²) in [7, 11) is 1.62. The van der Waals surface area contributed by atoms with Crippen molar-refractivity contribution < 1.29 is 14.3 Å². The van der Waals surface area contributed by atoms with E-state index in [4.69, 9.17) is 4.74 Å². The number of methoxy groups -OCH3 is 1. The molecule has 2 aromatic rings. The van der Waals surface area contributed by atoms with Gasteiger partial charge in [-0.1, -0.05) is 42.5 Å². The zero-order chi connectivity index (χ0) is 17.6. The maximum atomic E-state index is 12.5. The molecule has 0 N–H and O–H groups in total. The SMILES string of the molecule is COc1cccc(CC(=O)N2CCC(C(=O)c3ccccc3)CC2)c1.